The number of benzene rings is 1. The van der Waals surface area contributed by atoms with Crippen molar-refractivity contribution in [3.05, 3.63) is 30.3 Å². The Kier molecular flexibility index (Phi) is 3.43. The molecule has 2 rings (SSSR count). The number of hydrogen-bond donors (Lipinski definition) is 0. The van der Waals surface area contributed by atoms with E-state index < -0.39 is 20.6 Å². The first-order valence-electron chi connectivity index (χ1n) is 6.01. The van der Waals surface area contributed by atoms with E-state index in [1.54, 1.807) is 25.1 Å². The molecule has 0 aromatic heterocycles. The van der Waals surface area contributed by atoms with Crippen LogP contribution in [0.5, 0.6) is 0 Å². The molecule has 0 spiro atoms. The molecule has 18 heavy (non-hydrogen) atoms. The van der Waals surface area contributed by atoms with E-state index >= 15 is 0 Å². The highest BCUT2D eigenvalue weighted by atomic mass is 32.2. The first-order valence-corrected chi connectivity index (χ1v) is 7.50. The highest BCUT2D eigenvalue weighted by Crippen LogP contribution is 2.43. The van der Waals surface area contributed by atoms with Gasteiger partial charge in [0.05, 0.1) is 11.5 Å². The lowest BCUT2D eigenvalue weighted by atomic mass is 9.84. The summed E-state index contributed by atoms with van der Waals surface area (Å²) in [7, 11) is -3.66. The van der Waals surface area contributed by atoms with Crippen LogP contribution in [0.15, 0.2) is 35.2 Å². The van der Waals surface area contributed by atoms with Crippen molar-refractivity contribution >= 4 is 15.8 Å². The van der Waals surface area contributed by atoms with E-state index in [2.05, 4.69) is 0 Å². The lowest BCUT2D eigenvalue weighted by molar-refractivity contribution is -0.148. The third kappa shape index (κ3) is 1.82. The maximum Gasteiger partial charge on any atom is 0.327 e. The molecule has 0 aliphatic heterocycles. The molecule has 0 amide bonds. The summed E-state index contributed by atoms with van der Waals surface area (Å²) < 4.78 is 28.7. The molecule has 1 aromatic rings. The Bertz CT molecular complexity index is 529. The molecule has 5 heteroatoms. The maximum atomic E-state index is 12.6. The van der Waals surface area contributed by atoms with Gasteiger partial charge < -0.3 is 4.74 Å². The lowest BCUT2D eigenvalue weighted by Gasteiger charge is -2.38. The van der Waals surface area contributed by atoms with Gasteiger partial charge in [-0.25, -0.2) is 8.42 Å². The quantitative estimate of drug-likeness (QED) is 0.783. The van der Waals surface area contributed by atoms with E-state index in [4.69, 9.17) is 4.74 Å². The number of carbonyl (C=O) groups is 1. The summed E-state index contributed by atoms with van der Waals surface area (Å²) >= 11 is 0. The predicted octanol–water partition coefficient (Wildman–Crippen LogP) is 1.95. The van der Waals surface area contributed by atoms with Gasteiger partial charge in [0.25, 0.3) is 0 Å². The van der Waals surface area contributed by atoms with Crippen molar-refractivity contribution in [2.45, 2.75) is 35.8 Å². The Labute approximate surface area is 107 Å². The summed E-state index contributed by atoms with van der Waals surface area (Å²) in [6.07, 6.45) is 1.44. The minimum Gasteiger partial charge on any atom is -0.465 e. The van der Waals surface area contributed by atoms with Crippen LogP contribution in [0.3, 0.4) is 0 Å². The predicted molar refractivity (Wildman–Crippen MR) is 66.8 cm³/mol. The summed E-state index contributed by atoms with van der Waals surface area (Å²) in [5.41, 5.74) is 0. The van der Waals surface area contributed by atoms with Gasteiger partial charge in [0.1, 0.15) is 0 Å². The summed E-state index contributed by atoms with van der Waals surface area (Å²) in [6, 6.07) is 8.11. The highest BCUT2D eigenvalue weighted by molar-refractivity contribution is 7.93. The van der Waals surface area contributed by atoms with Crippen LogP contribution in [-0.2, 0) is 19.4 Å². The molecule has 0 unspecified atom stereocenters. The molecular weight excluding hydrogens is 252 g/mol. The molecule has 0 saturated heterocycles. The van der Waals surface area contributed by atoms with Gasteiger partial charge in [0.2, 0.25) is 0 Å². The van der Waals surface area contributed by atoms with Crippen LogP contribution in [0.1, 0.15) is 26.2 Å². The van der Waals surface area contributed by atoms with E-state index in [1.165, 1.54) is 12.1 Å². The van der Waals surface area contributed by atoms with Crippen LogP contribution in [0.25, 0.3) is 0 Å². The van der Waals surface area contributed by atoms with Gasteiger partial charge in [-0.15, -0.1) is 0 Å². The molecule has 1 aliphatic carbocycles. The SMILES string of the molecule is CCOC(=O)C1(S(=O)(=O)c2ccccc2)CCC1. The van der Waals surface area contributed by atoms with Crippen LogP contribution >= 0.6 is 0 Å². The number of rotatable bonds is 4. The third-order valence-electron chi connectivity index (χ3n) is 3.38. The number of carbonyl (C=O) groups excluding carboxylic acids is 1. The monoisotopic (exact) mass is 268 g/mol. The summed E-state index contributed by atoms with van der Waals surface area (Å²) in [4.78, 5) is 12.2. The molecule has 1 saturated carbocycles. The second kappa shape index (κ2) is 4.72. The van der Waals surface area contributed by atoms with Crippen LogP contribution in [-0.4, -0.2) is 25.7 Å². The molecule has 1 fully saturated rings. The Morgan fingerprint density at radius 1 is 1.28 bits per heavy atom. The average molecular weight is 268 g/mol. The van der Waals surface area contributed by atoms with E-state index in [1.807, 2.05) is 0 Å². The zero-order chi connectivity index (χ0) is 13.2. The molecule has 0 bridgehead atoms. The fraction of sp³-hybridized carbons (Fsp3) is 0.462. The van der Waals surface area contributed by atoms with Gasteiger partial charge in [0, 0.05) is 0 Å². The first kappa shape index (κ1) is 13.1. The normalized spacial score (nSPS) is 17.8. The zero-order valence-corrected chi connectivity index (χ0v) is 11.1. The molecule has 0 atom stereocenters. The second-order valence-electron chi connectivity index (χ2n) is 4.38. The van der Waals surface area contributed by atoms with Gasteiger partial charge in [-0.1, -0.05) is 18.2 Å². The minimum absolute atomic E-state index is 0.192. The van der Waals surface area contributed by atoms with Crippen molar-refractivity contribution in [3.63, 3.8) is 0 Å². The second-order valence-corrected chi connectivity index (χ2v) is 6.64. The van der Waals surface area contributed by atoms with Gasteiger partial charge >= 0.3 is 5.97 Å². The third-order valence-corrected chi connectivity index (χ3v) is 5.87. The number of esters is 1. The van der Waals surface area contributed by atoms with Crippen LogP contribution in [0, 0.1) is 0 Å². The highest BCUT2D eigenvalue weighted by Gasteiger charge is 2.56. The Hall–Kier alpha value is -1.36. The average Bonchev–Trinajstić information content (AvgIpc) is 2.28. The Morgan fingerprint density at radius 2 is 1.89 bits per heavy atom. The van der Waals surface area contributed by atoms with Crippen molar-refractivity contribution < 1.29 is 17.9 Å². The van der Waals surface area contributed by atoms with E-state index in [0.717, 1.165) is 6.42 Å². The number of sulfone groups is 1. The smallest absolute Gasteiger partial charge is 0.327 e. The minimum atomic E-state index is -3.66. The fourth-order valence-electron chi connectivity index (χ4n) is 2.17. The Balaban J connectivity index is 2.42. The standard InChI is InChI=1S/C13H16O4S/c1-2-17-12(14)13(9-6-10-13)18(15,16)11-7-4-3-5-8-11/h3-5,7-8H,2,6,9-10H2,1H3. The van der Waals surface area contributed by atoms with Crippen LogP contribution in [0.4, 0.5) is 0 Å². The molecule has 98 valence electrons. The van der Waals surface area contributed by atoms with Gasteiger partial charge in [-0.05, 0) is 38.3 Å². The van der Waals surface area contributed by atoms with Crippen molar-refractivity contribution in [3.8, 4) is 0 Å². The van der Waals surface area contributed by atoms with Gasteiger partial charge in [0.15, 0.2) is 14.6 Å². The largest absolute Gasteiger partial charge is 0.465 e. The van der Waals surface area contributed by atoms with Crippen molar-refractivity contribution in [2.75, 3.05) is 6.61 Å². The summed E-state index contributed by atoms with van der Waals surface area (Å²) in [5.74, 6) is -0.611. The van der Waals surface area contributed by atoms with Gasteiger partial charge in [-0.3, -0.25) is 4.79 Å². The van der Waals surface area contributed by atoms with Crippen molar-refractivity contribution in [1.29, 1.82) is 0 Å². The maximum absolute atomic E-state index is 12.6. The fourth-order valence-corrected chi connectivity index (χ4v) is 4.24. The molecular formula is C13H16O4S. The molecule has 1 aliphatic rings. The van der Waals surface area contributed by atoms with Crippen LogP contribution in [0.2, 0.25) is 0 Å². The van der Waals surface area contributed by atoms with E-state index in [0.29, 0.717) is 12.8 Å². The van der Waals surface area contributed by atoms with Crippen molar-refractivity contribution in [1.82, 2.24) is 0 Å². The number of ether oxygens (including phenoxy) is 1. The molecule has 0 N–H and O–H groups in total. The molecule has 0 radical (unpaired) electrons. The van der Waals surface area contributed by atoms with Crippen molar-refractivity contribution in [2.24, 2.45) is 0 Å². The van der Waals surface area contributed by atoms with Gasteiger partial charge in [-0.2, -0.15) is 0 Å². The lowest BCUT2D eigenvalue weighted by Crippen LogP contribution is -2.52. The molecule has 4 nitrogen and oxygen atoms in total. The number of hydrogen-bond acceptors (Lipinski definition) is 4. The van der Waals surface area contributed by atoms with E-state index in [9.17, 15) is 13.2 Å². The summed E-state index contributed by atoms with van der Waals surface area (Å²) in [6.45, 7) is 1.88. The topological polar surface area (TPSA) is 60.4 Å². The zero-order valence-electron chi connectivity index (χ0n) is 10.3. The summed E-state index contributed by atoms with van der Waals surface area (Å²) in [5, 5.41) is 0. The Morgan fingerprint density at radius 3 is 2.33 bits per heavy atom. The van der Waals surface area contributed by atoms with Crippen LogP contribution < -0.4 is 0 Å². The van der Waals surface area contributed by atoms with E-state index in [-0.39, 0.29) is 11.5 Å². The molecule has 0 heterocycles. The molecule has 1 aromatic carbocycles. The first-order chi connectivity index (χ1) is 8.54.